The van der Waals surface area contributed by atoms with Gasteiger partial charge < -0.3 is 21.6 Å². The summed E-state index contributed by atoms with van der Waals surface area (Å²) in [4.78, 5) is 16.7. The van der Waals surface area contributed by atoms with E-state index in [0.29, 0.717) is 0 Å². The Morgan fingerprint density at radius 1 is 1.41 bits per heavy atom. The van der Waals surface area contributed by atoms with E-state index in [1.807, 2.05) is 32.0 Å². The highest BCUT2D eigenvalue weighted by Crippen LogP contribution is 2.16. The molecule has 1 aromatic heterocycles. The average Bonchev–Trinajstić information content (AvgIpc) is 2.89. The summed E-state index contributed by atoms with van der Waals surface area (Å²) in [6.45, 7) is 3.53. The number of carbonyl (C=O) groups is 1. The molecule has 0 atom stereocenters. The first-order valence-corrected chi connectivity index (χ1v) is 6.38. The number of hydrogen-bond acceptors (Lipinski definition) is 7. The van der Waals surface area contributed by atoms with Crippen LogP contribution in [0.15, 0.2) is 28.0 Å². The van der Waals surface area contributed by atoms with E-state index in [1.165, 1.54) is 0 Å². The van der Waals surface area contributed by atoms with Gasteiger partial charge in [-0.05, 0) is 41.4 Å². The summed E-state index contributed by atoms with van der Waals surface area (Å²) in [5.74, 6) is -0.500. The fourth-order valence-electron chi connectivity index (χ4n) is 1.63. The van der Waals surface area contributed by atoms with Gasteiger partial charge in [-0.3, -0.25) is 4.79 Å². The lowest BCUT2D eigenvalue weighted by Crippen LogP contribution is -2.20. The maximum atomic E-state index is 11.8. The highest BCUT2D eigenvalue weighted by Gasteiger charge is 2.11. The summed E-state index contributed by atoms with van der Waals surface area (Å²) < 4.78 is 4.38. The number of rotatable bonds is 5. The van der Waals surface area contributed by atoms with E-state index in [4.69, 9.17) is 16.3 Å². The number of nitrogen functional groups attached to an aromatic ring is 1. The van der Waals surface area contributed by atoms with Gasteiger partial charge in [0.1, 0.15) is 0 Å². The van der Waals surface area contributed by atoms with Crippen molar-refractivity contribution in [1.29, 1.82) is 0 Å². The van der Waals surface area contributed by atoms with Crippen LogP contribution in [0, 0.1) is 13.8 Å². The van der Waals surface area contributed by atoms with E-state index >= 15 is 0 Å². The van der Waals surface area contributed by atoms with E-state index in [9.17, 15) is 4.79 Å². The standard InChI is InChI=1S/C13H16N6O3/c1-7-3-4-8(2)9(5-7)16-10(20)6-21-18-12(14)11-13(15)19-22-17-11/h3-5H,6H2,1-2H3,(H2,14,18)(H2,15,19)(H,16,20). The Morgan fingerprint density at radius 3 is 2.86 bits per heavy atom. The van der Waals surface area contributed by atoms with Gasteiger partial charge >= 0.3 is 0 Å². The second-order valence-corrected chi connectivity index (χ2v) is 4.61. The maximum Gasteiger partial charge on any atom is 0.265 e. The molecule has 0 unspecified atom stereocenters. The largest absolute Gasteiger partial charge is 0.384 e. The molecule has 0 spiro atoms. The molecule has 0 bridgehead atoms. The summed E-state index contributed by atoms with van der Waals surface area (Å²) in [5, 5.41) is 13.1. The molecule has 2 rings (SSSR count). The zero-order valence-corrected chi connectivity index (χ0v) is 12.2. The second kappa shape index (κ2) is 6.57. The Hall–Kier alpha value is -3.10. The molecule has 9 heteroatoms. The molecule has 0 saturated heterocycles. The third-order valence-corrected chi connectivity index (χ3v) is 2.78. The number of nitrogens with two attached hydrogens (primary N) is 2. The second-order valence-electron chi connectivity index (χ2n) is 4.61. The van der Waals surface area contributed by atoms with Crippen LogP contribution < -0.4 is 16.8 Å². The highest BCUT2D eigenvalue weighted by atomic mass is 16.6. The van der Waals surface area contributed by atoms with Gasteiger partial charge in [0.05, 0.1) is 0 Å². The number of benzene rings is 1. The molecule has 22 heavy (non-hydrogen) atoms. The number of oxime groups is 1. The van der Waals surface area contributed by atoms with Crippen molar-refractivity contribution in [2.24, 2.45) is 10.9 Å². The first-order chi connectivity index (χ1) is 10.5. The summed E-state index contributed by atoms with van der Waals surface area (Å²) >= 11 is 0. The van der Waals surface area contributed by atoms with Gasteiger partial charge in [-0.25, -0.2) is 4.63 Å². The lowest BCUT2D eigenvalue weighted by atomic mass is 10.1. The number of nitrogens with one attached hydrogen (secondary N) is 1. The number of carbonyl (C=O) groups excluding carboxylic acids is 1. The van der Waals surface area contributed by atoms with E-state index in [0.717, 1.165) is 16.8 Å². The molecule has 0 radical (unpaired) electrons. The minimum Gasteiger partial charge on any atom is -0.384 e. The highest BCUT2D eigenvalue weighted by molar-refractivity contribution is 5.98. The van der Waals surface area contributed by atoms with Crippen LogP contribution in [-0.2, 0) is 9.63 Å². The first-order valence-electron chi connectivity index (χ1n) is 6.38. The van der Waals surface area contributed by atoms with Crippen molar-refractivity contribution in [3.05, 3.63) is 35.0 Å². The van der Waals surface area contributed by atoms with Crippen LogP contribution in [0.1, 0.15) is 16.8 Å². The van der Waals surface area contributed by atoms with Gasteiger partial charge in [0, 0.05) is 5.69 Å². The number of amides is 1. The molecule has 9 nitrogen and oxygen atoms in total. The predicted octanol–water partition coefficient (Wildman–Crippen LogP) is 0.544. The maximum absolute atomic E-state index is 11.8. The number of hydrogen-bond donors (Lipinski definition) is 3. The van der Waals surface area contributed by atoms with Crippen LogP contribution in [0.5, 0.6) is 0 Å². The number of anilines is 2. The van der Waals surface area contributed by atoms with Crippen molar-refractivity contribution in [1.82, 2.24) is 10.3 Å². The zero-order valence-electron chi connectivity index (χ0n) is 12.2. The molecule has 0 aliphatic rings. The monoisotopic (exact) mass is 304 g/mol. The molecule has 0 fully saturated rings. The molecule has 0 aliphatic heterocycles. The van der Waals surface area contributed by atoms with Crippen molar-refractivity contribution in [3.8, 4) is 0 Å². The smallest absolute Gasteiger partial charge is 0.265 e. The number of aryl methyl sites for hydroxylation is 2. The summed E-state index contributed by atoms with van der Waals surface area (Å²) in [6, 6.07) is 5.75. The van der Waals surface area contributed by atoms with Gasteiger partial charge in [0.15, 0.2) is 24.0 Å². The zero-order chi connectivity index (χ0) is 16.1. The quantitative estimate of drug-likeness (QED) is 0.416. The van der Waals surface area contributed by atoms with Gasteiger partial charge in [0.2, 0.25) is 0 Å². The summed E-state index contributed by atoms with van der Waals surface area (Å²) in [7, 11) is 0. The van der Waals surface area contributed by atoms with Crippen molar-refractivity contribution >= 4 is 23.2 Å². The normalized spacial score (nSPS) is 11.3. The van der Waals surface area contributed by atoms with E-state index < -0.39 is 0 Å². The van der Waals surface area contributed by atoms with Crippen LogP contribution in [0.3, 0.4) is 0 Å². The van der Waals surface area contributed by atoms with Gasteiger partial charge in [-0.15, -0.1) is 0 Å². The molecule has 1 heterocycles. The molecular formula is C13H16N6O3. The Bertz CT molecular complexity index is 710. The van der Waals surface area contributed by atoms with Crippen molar-refractivity contribution < 1.29 is 14.3 Å². The molecule has 0 saturated carbocycles. The predicted molar refractivity (Wildman–Crippen MR) is 79.9 cm³/mol. The molecule has 0 aliphatic carbocycles. The van der Waals surface area contributed by atoms with E-state index in [1.54, 1.807) is 0 Å². The van der Waals surface area contributed by atoms with Gasteiger partial charge in [0.25, 0.3) is 5.91 Å². The van der Waals surface area contributed by atoms with E-state index in [-0.39, 0.29) is 29.9 Å². The van der Waals surface area contributed by atoms with E-state index in [2.05, 4.69) is 25.4 Å². The molecule has 1 aromatic carbocycles. The fraction of sp³-hybridized carbons (Fsp3) is 0.231. The van der Waals surface area contributed by atoms with Gasteiger partial charge in [-0.1, -0.05) is 17.3 Å². The minimum absolute atomic E-state index is 0.00955. The van der Waals surface area contributed by atoms with Crippen LogP contribution in [0.4, 0.5) is 11.5 Å². The Labute approximate surface area is 126 Å². The van der Waals surface area contributed by atoms with Crippen molar-refractivity contribution in [3.63, 3.8) is 0 Å². The van der Waals surface area contributed by atoms with Crippen molar-refractivity contribution in [2.45, 2.75) is 13.8 Å². The molecule has 2 aromatic rings. The van der Waals surface area contributed by atoms with Gasteiger partial charge in [-0.2, -0.15) is 0 Å². The van der Waals surface area contributed by atoms with Crippen LogP contribution >= 0.6 is 0 Å². The SMILES string of the molecule is Cc1ccc(C)c(NC(=O)CO/N=C(/N)c2nonc2N)c1. The number of aromatic nitrogens is 2. The third-order valence-electron chi connectivity index (χ3n) is 2.78. The fourth-order valence-corrected chi connectivity index (χ4v) is 1.63. The first kappa shape index (κ1) is 15.3. The molecule has 5 N–H and O–H groups in total. The Balaban J connectivity index is 1.91. The lowest BCUT2D eigenvalue weighted by Gasteiger charge is -2.08. The molecular weight excluding hydrogens is 288 g/mol. The summed E-state index contributed by atoms with van der Waals surface area (Å²) in [5.41, 5.74) is 13.8. The average molecular weight is 304 g/mol. The minimum atomic E-state index is -0.364. The third kappa shape index (κ3) is 3.72. The summed E-state index contributed by atoms with van der Waals surface area (Å²) in [6.07, 6.45) is 0. The number of nitrogens with zero attached hydrogens (tertiary/aromatic N) is 3. The van der Waals surface area contributed by atoms with Crippen molar-refractivity contribution in [2.75, 3.05) is 17.7 Å². The van der Waals surface area contributed by atoms with Crippen LogP contribution in [-0.4, -0.2) is 28.7 Å². The Morgan fingerprint density at radius 2 is 2.18 bits per heavy atom. The molecule has 1 amide bonds. The topological polar surface area (TPSA) is 142 Å². The molecule has 116 valence electrons. The Kier molecular flexibility index (Phi) is 4.57. The van der Waals surface area contributed by atoms with Crippen LogP contribution in [0.25, 0.3) is 0 Å². The number of amidine groups is 1. The lowest BCUT2D eigenvalue weighted by molar-refractivity contribution is -0.120. The van der Waals surface area contributed by atoms with Crippen LogP contribution in [0.2, 0.25) is 0 Å².